The number of halogens is 2. The molecule has 25 heavy (non-hydrogen) atoms. The molecule has 8 heteroatoms. The van der Waals surface area contributed by atoms with Crippen LogP contribution in [0.1, 0.15) is 12.5 Å². The lowest BCUT2D eigenvalue weighted by molar-refractivity contribution is -0.136. The number of hydrogen-bond acceptors (Lipinski definition) is 4. The molecule has 0 aliphatic carbocycles. The quantitative estimate of drug-likeness (QED) is 0.484. The maximum absolute atomic E-state index is 11.9. The molecular formula is C17H15Cl2N3O3. The van der Waals surface area contributed by atoms with Crippen LogP contribution < -0.4 is 15.5 Å². The maximum atomic E-state index is 11.9. The van der Waals surface area contributed by atoms with E-state index >= 15 is 0 Å². The molecule has 2 rings (SSSR count). The maximum Gasteiger partial charge on any atom is 0.329 e. The monoisotopic (exact) mass is 379 g/mol. The van der Waals surface area contributed by atoms with E-state index in [9.17, 15) is 9.59 Å². The Morgan fingerprint density at radius 2 is 1.80 bits per heavy atom. The first kappa shape index (κ1) is 18.8. The number of hydrogen-bond donors (Lipinski definition) is 2. The zero-order chi connectivity index (χ0) is 18.4. The minimum atomic E-state index is -0.921. The molecule has 0 saturated heterocycles. The van der Waals surface area contributed by atoms with Crippen molar-refractivity contribution in [3.8, 4) is 5.75 Å². The first-order valence-corrected chi connectivity index (χ1v) is 7.92. The van der Waals surface area contributed by atoms with Gasteiger partial charge < -0.3 is 10.1 Å². The van der Waals surface area contributed by atoms with Crippen molar-refractivity contribution in [2.24, 2.45) is 5.10 Å². The Hall–Kier alpha value is -2.57. The van der Waals surface area contributed by atoms with Gasteiger partial charge in [0.05, 0.1) is 23.5 Å². The van der Waals surface area contributed by atoms with Crippen LogP contribution in [0.25, 0.3) is 0 Å². The molecular weight excluding hydrogens is 365 g/mol. The van der Waals surface area contributed by atoms with E-state index in [1.165, 1.54) is 7.11 Å². The highest BCUT2D eigenvalue weighted by Crippen LogP contribution is 2.23. The van der Waals surface area contributed by atoms with Crippen LogP contribution in [-0.4, -0.2) is 24.6 Å². The Kier molecular flexibility index (Phi) is 6.38. The smallest absolute Gasteiger partial charge is 0.329 e. The molecule has 0 bridgehead atoms. The van der Waals surface area contributed by atoms with E-state index in [1.807, 2.05) is 0 Å². The minimum Gasteiger partial charge on any atom is -0.495 e. The topological polar surface area (TPSA) is 79.8 Å². The number of benzene rings is 2. The molecule has 6 nitrogen and oxygen atoms in total. The van der Waals surface area contributed by atoms with Crippen molar-refractivity contribution in [1.29, 1.82) is 0 Å². The van der Waals surface area contributed by atoms with Gasteiger partial charge in [-0.15, -0.1) is 0 Å². The van der Waals surface area contributed by atoms with Crippen LogP contribution in [0.4, 0.5) is 5.69 Å². The summed E-state index contributed by atoms with van der Waals surface area (Å²) >= 11 is 11.9. The third-order valence-electron chi connectivity index (χ3n) is 3.21. The van der Waals surface area contributed by atoms with Crippen LogP contribution in [0.5, 0.6) is 5.75 Å². The Morgan fingerprint density at radius 1 is 1.08 bits per heavy atom. The zero-order valence-electron chi connectivity index (χ0n) is 13.5. The van der Waals surface area contributed by atoms with E-state index in [1.54, 1.807) is 49.4 Å². The van der Waals surface area contributed by atoms with Crippen molar-refractivity contribution in [2.45, 2.75) is 6.92 Å². The number of carbonyl (C=O) groups is 2. The first-order valence-electron chi connectivity index (χ1n) is 7.16. The summed E-state index contributed by atoms with van der Waals surface area (Å²) in [5.41, 5.74) is 3.59. The number of hydrazone groups is 1. The van der Waals surface area contributed by atoms with E-state index in [4.69, 9.17) is 27.9 Å². The van der Waals surface area contributed by atoms with Crippen molar-refractivity contribution >= 4 is 46.4 Å². The second-order valence-corrected chi connectivity index (χ2v) is 5.76. The normalized spacial score (nSPS) is 11.0. The molecule has 0 unspecified atom stereocenters. The molecule has 0 aliphatic heterocycles. The van der Waals surface area contributed by atoms with Gasteiger partial charge in [0.2, 0.25) is 0 Å². The third kappa shape index (κ3) is 4.95. The predicted molar refractivity (Wildman–Crippen MR) is 98.4 cm³/mol. The third-order valence-corrected chi connectivity index (χ3v) is 3.76. The number of amides is 2. The number of methoxy groups -OCH3 is 1. The van der Waals surface area contributed by atoms with E-state index in [0.29, 0.717) is 32.8 Å². The zero-order valence-corrected chi connectivity index (χ0v) is 15.0. The fourth-order valence-corrected chi connectivity index (χ4v) is 2.50. The molecule has 0 spiro atoms. The van der Waals surface area contributed by atoms with E-state index in [-0.39, 0.29) is 0 Å². The number of anilines is 1. The molecule has 2 aromatic carbocycles. The Morgan fingerprint density at radius 3 is 2.48 bits per heavy atom. The summed E-state index contributed by atoms with van der Waals surface area (Å²) in [7, 11) is 1.47. The van der Waals surface area contributed by atoms with Crippen LogP contribution in [0.3, 0.4) is 0 Å². The number of rotatable bonds is 4. The largest absolute Gasteiger partial charge is 0.495 e. The van der Waals surface area contributed by atoms with E-state index < -0.39 is 11.8 Å². The average molecular weight is 380 g/mol. The average Bonchev–Trinajstić information content (AvgIpc) is 2.59. The number of carbonyl (C=O) groups excluding carboxylic acids is 2. The Bertz CT molecular complexity index is 838. The van der Waals surface area contributed by atoms with Gasteiger partial charge in [-0.25, -0.2) is 5.43 Å². The summed E-state index contributed by atoms with van der Waals surface area (Å²) in [5, 5.41) is 7.22. The summed E-state index contributed by atoms with van der Waals surface area (Å²) in [6, 6.07) is 11.6. The molecule has 0 heterocycles. The lowest BCUT2D eigenvalue weighted by atomic mass is 10.1. The lowest BCUT2D eigenvalue weighted by Gasteiger charge is -2.09. The highest BCUT2D eigenvalue weighted by atomic mass is 35.5. The number of nitrogens with one attached hydrogen (secondary N) is 2. The first-order chi connectivity index (χ1) is 11.9. The number of ether oxygens (including phenoxy) is 1. The Balaban J connectivity index is 2.04. The van der Waals surface area contributed by atoms with E-state index in [2.05, 4.69) is 15.8 Å². The molecule has 2 N–H and O–H groups in total. The van der Waals surface area contributed by atoms with Gasteiger partial charge in [0.25, 0.3) is 0 Å². The molecule has 0 radical (unpaired) electrons. The molecule has 0 atom stereocenters. The van der Waals surface area contributed by atoms with Crippen molar-refractivity contribution in [3.63, 3.8) is 0 Å². The van der Waals surface area contributed by atoms with Gasteiger partial charge >= 0.3 is 11.8 Å². The summed E-state index contributed by atoms with van der Waals surface area (Å²) in [6.45, 7) is 1.65. The molecule has 130 valence electrons. The second-order valence-electron chi connectivity index (χ2n) is 4.92. The number of para-hydroxylation sites is 2. The Labute approximate surface area is 154 Å². The minimum absolute atomic E-state index is 0.381. The number of nitrogens with zero attached hydrogens (tertiary/aromatic N) is 1. The summed E-state index contributed by atoms with van der Waals surface area (Å²) in [6.07, 6.45) is 0. The van der Waals surface area contributed by atoms with Crippen LogP contribution in [0, 0.1) is 0 Å². The van der Waals surface area contributed by atoms with Crippen molar-refractivity contribution < 1.29 is 14.3 Å². The predicted octanol–water partition coefficient (Wildman–Crippen LogP) is 3.48. The summed E-state index contributed by atoms with van der Waals surface area (Å²) in [4.78, 5) is 23.8. The van der Waals surface area contributed by atoms with Crippen LogP contribution in [0.2, 0.25) is 10.0 Å². The molecule has 2 aromatic rings. The summed E-state index contributed by atoms with van der Waals surface area (Å²) in [5.74, 6) is -1.35. The van der Waals surface area contributed by atoms with Crippen molar-refractivity contribution in [3.05, 3.63) is 58.1 Å². The van der Waals surface area contributed by atoms with Gasteiger partial charge in [-0.3, -0.25) is 9.59 Å². The molecule has 0 saturated carbocycles. The highest BCUT2D eigenvalue weighted by Gasteiger charge is 2.15. The highest BCUT2D eigenvalue weighted by molar-refractivity contribution is 6.40. The van der Waals surface area contributed by atoms with Crippen molar-refractivity contribution in [2.75, 3.05) is 12.4 Å². The second kappa shape index (κ2) is 8.50. The van der Waals surface area contributed by atoms with Crippen molar-refractivity contribution in [1.82, 2.24) is 5.43 Å². The van der Waals surface area contributed by atoms with Gasteiger partial charge in [0.1, 0.15) is 5.75 Å². The van der Waals surface area contributed by atoms with Gasteiger partial charge in [0, 0.05) is 10.6 Å². The van der Waals surface area contributed by atoms with E-state index in [0.717, 1.165) is 0 Å². The van der Waals surface area contributed by atoms with Crippen LogP contribution >= 0.6 is 23.2 Å². The fraction of sp³-hybridized carbons (Fsp3) is 0.118. The van der Waals surface area contributed by atoms with Crippen LogP contribution in [-0.2, 0) is 9.59 Å². The molecule has 0 fully saturated rings. The fourth-order valence-electron chi connectivity index (χ4n) is 1.96. The molecule has 0 aliphatic rings. The lowest BCUT2D eigenvalue weighted by Crippen LogP contribution is -2.33. The van der Waals surface area contributed by atoms with Gasteiger partial charge in [-0.1, -0.05) is 41.4 Å². The molecule has 0 aromatic heterocycles. The van der Waals surface area contributed by atoms with Gasteiger partial charge in [-0.2, -0.15) is 5.10 Å². The molecule has 2 amide bonds. The standard InChI is InChI=1S/C17H15Cl2N3O3/c1-10(12-8-7-11(18)9-13(12)19)21-22-17(24)16(23)20-14-5-3-4-6-15(14)25-2/h3-9H,1-2H3,(H,20,23)(H,22,24). The van der Waals surface area contributed by atoms with Gasteiger partial charge in [-0.05, 0) is 31.2 Å². The van der Waals surface area contributed by atoms with Crippen LogP contribution in [0.15, 0.2) is 47.6 Å². The summed E-state index contributed by atoms with van der Waals surface area (Å²) < 4.78 is 5.11. The SMILES string of the molecule is COc1ccccc1NC(=O)C(=O)NN=C(C)c1ccc(Cl)cc1Cl. The van der Waals surface area contributed by atoms with Gasteiger partial charge in [0.15, 0.2) is 0 Å².